The minimum absolute atomic E-state index is 0.00211. The molecule has 1 spiro atoms. The number of likely N-dealkylation sites (tertiary alicyclic amines) is 1. The molecule has 0 unspecified atom stereocenters. The van der Waals surface area contributed by atoms with E-state index in [1.54, 1.807) is 11.4 Å². The number of sulfonamides is 1. The van der Waals surface area contributed by atoms with Gasteiger partial charge in [-0.15, -0.1) is 11.3 Å². The Morgan fingerprint density at radius 3 is 2.45 bits per heavy atom. The van der Waals surface area contributed by atoms with E-state index in [1.165, 1.54) is 17.6 Å². The molecule has 0 atom stereocenters. The van der Waals surface area contributed by atoms with Crippen molar-refractivity contribution >= 4 is 32.4 Å². The Morgan fingerprint density at radius 2 is 1.88 bits per heavy atom. The molecule has 0 bridgehead atoms. The van der Waals surface area contributed by atoms with Crippen LogP contribution in [0.3, 0.4) is 0 Å². The molecule has 33 heavy (non-hydrogen) atoms. The quantitative estimate of drug-likeness (QED) is 0.665. The zero-order valence-electron chi connectivity index (χ0n) is 19.6. The summed E-state index contributed by atoms with van der Waals surface area (Å²) in [6.07, 6.45) is 3.95. The fourth-order valence-corrected chi connectivity index (χ4v) is 7.46. The highest BCUT2D eigenvalue weighted by Crippen LogP contribution is 2.48. The third-order valence-corrected chi connectivity index (χ3v) is 8.96. The van der Waals surface area contributed by atoms with Gasteiger partial charge in [-0.2, -0.15) is 4.31 Å². The van der Waals surface area contributed by atoms with Crippen LogP contribution in [0.5, 0.6) is 5.75 Å². The van der Waals surface area contributed by atoms with E-state index in [4.69, 9.17) is 4.74 Å². The van der Waals surface area contributed by atoms with Crippen LogP contribution in [0.15, 0.2) is 29.6 Å². The fourth-order valence-electron chi connectivity index (χ4n) is 5.25. The lowest BCUT2D eigenvalue weighted by atomic mass is 9.74. The molecule has 2 aliphatic heterocycles. The molecule has 1 amide bonds. The third-order valence-electron chi connectivity index (χ3n) is 6.78. The molecular formula is C23H32N4O4S2. The van der Waals surface area contributed by atoms with Crippen molar-refractivity contribution in [1.29, 1.82) is 0 Å². The van der Waals surface area contributed by atoms with Gasteiger partial charge in [0.15, 0.2) is 5.13 Å². The highest BCUT2D eigenvalue weighted by atomic mass is 32.2. The molecule has 0 radical (unpaired) electrons. The fraction of sp³-hybridized carbons (Fsp3) is 0.565. The first-order valence-electron chi connectivity index (χ1n) is 11.1. The van der Waals surface area contributed by atoms with Gasteiger partial charge >= 0.3 is 0 Å². The largest absolute Gasteiger partial charge is 0.497 e. The number of nitrogens with one attached hydrogen (secondary N) is 1. The number of carbonyl (C=O) groups is 1. The number of amides is 1. The van der Waals surface area contributed by atoms with Crippen LogP contribution in [-0.4, -0.2) is 73.6 Å². The van der Waals surface area contributed by atoms with E-state index in [-0.39, 0.29) is 16.9 Å². The van der Waals surface area contributed by atoms with Gasteiger partial charge in [-0.3, -0.25) is 9.69 Å². The van der Waals surface area contributed by atoms with E-state index in [2.05, 4.69) is 15.2 Å². The van der Waals surface area contributed by atoms with Crippen molar-refractivity contribution < 1.29 is 17.9 Å². The number of benzene rings is 1. The van der Waals surface area contributed by atoms with E-state index in [9.17, 15) is 13.2 Å². The van der Waals surface area contributed by atoms with Crippen LogP contribution in [0, 0.1) is 5.41 Å². The smallest absolute Gasteiger partial charge is 0.240 e. The zero-order chi connectivity index (χ0) is 23.9. The molecule has 2 fully saturated rings. The van der Waals surface area contributed by atoms with Crippen LogP contribution in [0.1, 0.15) is 33.1 Å². The van der Waals surface area contributed by atoms with Crippen LogP contribution >= 0.6 is 11.3 Å². The average Bonchev–Trinajstić information content (AvgIpc) is 3.31. The van der Waals surface area contributed by atoms with E-state index < -0.39 is 10.0 Å². The lowest BCUT2D eigenvalue weighted by molar-refractivity contribution is -0.117. The number of nitrogens with zero attached hydrogens (tertiary/aromatic N) is 3. The molecule has 1 aromatic carbocycles. The normalized spacial score (nSPS) is 20.7. The lowest BCUT2D eigenvalue weighted by Gasteiger charge is -2.39. The monoisotopic (exact) mass is 492 g/mol. The number of anilines is 1. The van der Waals surface area contributed by atoms with Gasteiger partial charge in [-0.25, -0.2) is 13.4 Å². The Balaban J connectivity index is 1.30. The number of aromatic nitrogens is 1. The number of rotatable bonds is 6. The van der Waals surface area contributed by atoms with E-state index in [0.717, 1.165) is 49.4 Å². The first-order valence-corrected chi connectivity index (χ1v) is 13.8. The van der Waals surface area contributed by atoms with Crippen LogP contribution in [-0.2, 0) is 14.8 Å². The third kappa shape index (κ3) is 5.40. The van der Waals surface area contributed by atoms with Gasteiger partial charge in [-0.1, -0.05) is 0 Å². The van der Waals surface area contributed by atoms with Gasteiger partial charge in [0, 0.05) is 23.0 Å². The SMILES string of the molecule is COc1ccc(-c2csc(NC(=O)CN3CCC4(CC3)CN(S(C)(=O)=O)C(C)(C)C4)n2)cc1. The summed E-state index contributed by atoms with van der Waals surface area (Å²) in [6, 6.07) is 7.66. The number of carbonyl (C=O) groups excluding carboxylic acids is 1. The number of thiazole rings is 1. The first kappa shape index (κ1) is 24.1. The van der Waals surface area contributed by atoms with Crippen molar-refractivity contribution in [2.24, 2.45) is 5.41 Å². The molecule has 1 N–H and O–H groups in total. The summed E-state index contributed by atoms with van der Waals surface area (Å²) in [4.78, 5) is 19.3. The lowest BCUT2D eigenvalue weighted by Crippen LogP contribution is -2.45. The van der Waals surface area contributed by atoms with Crippen LogP contribution < -0.4 is 10.1 Å². The summed E-state index contributed by atoms with van der Waals surface area (Å²) in [6.45, 7) is 6.48. The zero-order valence-corrected chi connectivity index (χ0v) is 21.3. The molecular weight excluding hydrogens is 460 g/mol. The number of hydrogen-bond acceptors (Lipinski definition) is 7. The predicted octanol–water partition coefficient (Wildman–Crippen LogP) is 3.28. The summed E-state index contributed by atoms with van der Waals surface area (Å²) in [5, 5.41) is 5.43. The first-order chi connectivity index (χ1) is 15.5. The van der Waals surface area contributed by atoms with Crippen LogP contribution in [0.2, 0.25) is 0 Å². The molecule has 2 aliphatic rings. The maximum atomic E-state index is 12.6. The molecule has 180 valence electrons. The van der Waals surface area contributed by atoms with Crippen molar-refractivity contribution in [3.05, 3.63) is 29.6 Å². The highest BCUT2D eigenvalue weighted by molar-refractivity contribution is 7.88. The molecule has 2 saturated heterocycles. The van der Waals surface area contributed by atoms with Gasteiger partial charge in [0.25, 0.3) is 0 Å². The van der Waals surface area contributed by atoms with Gasteiger partial charge in [0.2, 0.25) is 15.9 Å². The molecule has 10 heteroatoms. The maximum absolute atomic E-state index is 12.6. The summed E-state index contributed by atoms with van der Waals surface area (Å²) < 4.78 is 31.3. The maximum Gasteiger partial charge on any atom is 0.240 e. The molecule has 8 nitrogen and oxygen atoms in total. The van der Waals surface area contributed by atoms with E-state index in [1.807, 2.05) is 43.5 Å². The van der Waals surface area contributed by atoms with Crippen molar-refractivity contribution in [3.8, 4) is 17.0 Å². The summed E-state index contributed by atoms with van der Waals surface area (Å²) in [5.41, 5.74) is 1.43. The molecule has 4 rings (SSSR count). The second kappa shape index (κ2) is 8.98. The van der Waals surface area contributed by atoms with Crippen molar-refractivity contribution in [3.63, 3.8) is 0 Å². The molecule has 3 heterocycles. The van der Waals surface area contributed by atoms with Crippen LogP contribution in [0.4, 0.5) is 5.13 Å². The molecule has 2 aromatic rings. The van der Waals surface area contributed by atoms with Gasteiger partial charge < -0.3 is 10.1 Å². The molecule has 0 aliphatic carbocycles. The van der Waals surface area contributed by atoms with Crippen molar-refractivity contribution in [1.82, 2.24) is 14.2 Å². The topological polar surface area (TPSA) is 91.8 Å². The van der Waals surface area contributed by atoms with Crippen LogP contribution in [0.25, 0.3) is 11.3 Å². The Kier molecular flexibility index (Phi) is 6.56. The predicted molar refractivity (Wildman–Crippen MR) is 131 cm³/mol. The van der Waals surface area contributed by atoms with E-state index >= 15 is 0 Å². The summed E-state index contributed by atoms with van der Waals surface area (Å²) in [5.74, 6) is 0.710. The number of hydrogen-bond donors (Lipinski definition) is 1. The van der Waals surface area contributed by atoms with Crippen molar-refractivity contribution in [2.75, 3.05) is 44.9 Å². The highest BCUT2D eigenvalue weighted by Gasteiger charge is 2.52. The van der Waals surface area contributed by atoms with E-state index in [0.29, 0.717) is 18.2 Å². The minimum atomic E-state index is -3.23. The Morgan fingerprint density at radius 1 is 1.21 bits per heavy atom. The average molecular weight is 493 g/mol. The Bertz CT molecular complexity index is 1100. The minimum Gasteiger partial charge on any atom is -0.497 e. The standard InChI is InChI=1S/C23H32N4O4S2/c1-22(2)15-23(16-27(22)33(4,29)30)9-11-26(12-10-23)13-20(28)25-21-24-19(14-32-21)17-5-7-18(31-3)8-6-17/h5-8,14H,9-13,15-16H2,1-4H3,(H,24,25,28). The molecule has 1 aromatic heterocycles. The number of methoxy groups -OCH3 is 1. The van der Waals surface area contributed by atoms with Gasteiger partial charge in [0.05, 0.1) is 25.6 Å². The number of ether oxygens (including phenoxy) is 1. The van der Waals surface area contributed by atoms with Gasteiger partial charge in [0.1, 0.15) is 5.75 Å². The summed E-state index contributed by atoms with van der Waals surface area (Å²) >= 11 is 1.41. The second-order valence-electron chi connectivity index (χ2n) is 9.85. The summed E-state index contributed by atoms with van der Waals surface area (Å²) in [7, 11) is -1.60. The van der Waals surface area contributed by atoms with Crippen molar-refractivity contribution in [2.45, 2.75) is 38.6 Å². The number of piperidine rings is 1. The molecule has 0 saturated carbocycles. The Labute approximate surface area is 200 Å². The van der Waals surface area contributed by atoms with Gasteiger partial charge in [-0.05, 0) is 75.9 Å². The second-order valence-corrected chi connectivity index (χ2v) is 12.6. The Hall–Kier alpha value is -2.01.